The maximum atomic E-state index is 13.8. The molecule has 0 saturated carbocycles. The first-order valence-corrected chi connectivity index (χ1v) is 6.75. The van der Waals surface area contributed by atoms with Gasteiger partial charge in [-0.15, -0.1) is 0 Å². The molecule has 0 spiro atoms. The highest BCUT2D eigenvalue weighted by Gasteiger charge is 2.23. The summed E-state index contributed by atoms with van der Waals surface area (Å²) in [7, 11) is 0. The van der Waals surface area contributed by atoms with Crippen LogP contribution in [-0.4, -0.2) is 41.1 Å². The van der Waals surface area contributed by atoms with Gasteiger partial charge in [-0.05, 0) is 20.3 Å². The summed E-state index contributed by atoms with van der Waals surface area (Å²) in [6.45, 7) is 4.41. The van der Waals surface area contributed by atoms with Crippen LogP contribution in [0.15, 0.2) is 5.83 Å². The van der Waals surface area contributed by atoms with Gasteiger partial charge in [0.2, 0.25) is 5.83 Å². The second kappa shape index (κ2) is 6.62. The van der Waals surface area contributed by atoms with Crippen molar-refractivity contribution in [3.63, 3.8) is 0 Å². The Morgan fingerprint density at radius 1 is 1.62 bits per heavy atom. The Morgan fingerprint density at radius 2 is 2.33 bits per heavy atom. The molecule has 1 atom stereocenters. The van der Waals surface area contributed by atoms with Gasteiger partial charge in [-0.2, -0.15) is 4.39 Å². The van der Waals surface area contributed by atoms with Gasteiger partial charge < -0.3 is 14.0 Å². The second-order valence-corrected chi connectivity index (χ2v) is 4.66. The molecule has 0 unspecified atom stereocenters. The van der Waals surface area contributed by atoms with Gasteiger partial charge in [0.25, 0.3) is 0 Å². The first-order valence-electron chi connectivity index (χ1n) is 6.75. The summed E-state index contributed by atoms with van der Waals surface area (Å²) in [6.07, 6.45) is 2.51. The van der Waals surface area contributed by atoms with Gasteiger partial charge in [-0.3, -0.25) is 4.79 Å². The number of esters is 1. The molecule has 7 heteroatoms. The van der Waals surface area contributed by atoms with E-state index in [9.17, 15) is 14.0 Å². The van der Waals surface area contributed by atoms with E-state index in [1.54, 1.807) is 18.4 Å². The number of halogens is 1. The maximum absolute atomic E-state index is 13.8. The molecule has 6 nitrogen and oxygen atoms in total. The molecule has 0 amide bonds. The number of ether oxygens (including phenoxy) is 2. The molecule has 21 heavy (non-hydrogen) atoms. The van der Waals surface area contributed by atoms with E-state index in [2.05, 4.69) is 9.72 Å². The first-order chi connectivity index (χ1) is 10.1. The van der Waals surface area contributed by atoms with Gasteiger partial charge in [0.1, 0.15) is 0 Å². The first kappa shape index (κ1) is 15.4. The summed E-state index contributed by atoms with van der Waals surface area (Å²) < 4.78 is 25.3. The number of aromatic nitrogens is 2. The van der Waals surface area contributed by atoms with Gasteiger partial charge in [0.05, 0.1) is 30.6 Å². The molecule has 1 saturated heterocycles. The minimum absolute atomic E-state index is 0.0184. The van der Waals surface area contributed by atoms with E-state index in [0.717, 1.165) is 12.5 Å². The highest BCUT2D eigenvalue weighted by Crippen LogP contribution is 2.20. The fraction of sp³-hybridized carbons (Fsp3) is 0.500. The fourth-order valence-corrected chi connectivity index (χ4v) is 2.08. The van der Waals surface area contributed by atoms with Crippen LogP contribution in [0, 0.1) is 6.92 Å². The normalized spacial score (nSPS) is 18.2. The number of hydrogen-bond donors (Lipinski definition) is 0. The summed E-state index contributed by atoms with van der Waals surface area (Å²) in [5.74, 6) is -1.86. The van der Waals surface area contributed by atoms with Crippen molar-refractivity contribution in [2.75, 3.05) is 13.2 Å². The third kappa shape index (κ3) is 3.36. The number of carbonyl (C=O) groups excluding carboxylic acids is 2. The molecule has 0 aromatic carbocycles. The van der Waals surface area contributed by atoms with E-state index in [4.69, 9.17) is 4.74 Å². The van der Waals surface area contributed by atoms with Crippen molar-refractivity contribution in [1.29, 1.82) is 0 Å². The Balaban J connectivity index is 2.32. The molecule has 1 fully saturated rings. The predicted molar refractivity (Wildman–Crippen MR) is 72.4 cm³/mol. The summed E-state index contributed by atoms with van der Waals surface area (Å²) >= 11 is 0. The molecule has 0 aliphatic carbocycles. The SMILES string of the molecule is CCOC(=O)/C(F)=C/c1c(C)nc(C=O)n1C[C@@H]1CCO1. The largest absolute Gasteiger partial charge is 0.461 e. The number of aryl methyl sites for hydroxylation is 1. The van der Waals surface area contributed by atoms with Crippen LogP contribution in [0.4, 0.5) is 4.39 Å². The molecular formula is C14H17FN2O4. The number of hydrogen-bond acceptors (Lipinski definition) is 5. The lowest BCUT2D eigenvalue weighted by atomic mass is 10.2. The lowest BCUT2D eigenvalue weighted by Crippen LogP contribution is -2.32. The molecule has 114 valence electrons. The molecule has 0 radical (unpaired) electrons. The average Bonchev–Trinajstić information content (AvgIpc) is 2.70. The quantitative estimate of drug-likeness (QED) is 0.453. The van der Waals surface area contributed by atoms with E-state index in [1.807, 2.05) is 0 Å². The highest BCUT2D eigenvalue weighted by atomic mass is 19.1. The monoisotopic (exact) mass is 296 g/mol. The molecular weight excluding hydrogens is 279 g/mol. The summed E-state index contributed by atoms with van der Waals surface area (Å²) in [6, 6.07) is 0. The Kier molecular flexibility index (Phi) is 4.85. The van der Waals surface area contributed by atoms with Crippen molar-refractivity contribution in [1.82, 2.24) is 9.55 Å². The summed E-state index contributed by atoms with van der Waals surface area (Å²) in [5, 5.41) is 0. The zero-order valence-corrected chi connectivity index (χ0v) is 12.0. The number of imidazole rings is 1. The van der Waals surface area contributed by atoms with Crippen LogP contribution in [0.25, 0.3) is 6.08 Å². The van der Waals surface area contributed by atoms with Crippen molar-refractivity contribution in [3.8, 4) is 0 Å². The highest BCUT2D eigenvalue weighted by molar-refractivity contribution is 5.91. The van der Waals surface area contributed by atoms with Crippen molar-refractivity contribution in [3.05, 3.63) is 23.0 Å². The van der Waals surface area contributed by atoms with Crippen molar-refractivity contribution in [2.45, 2.75) is 32.9 Å². The summed E-state index contributed by atoms with van der Waals surface area (Å²) in [4.78, 5) is 26.5. The van der Waals surface area contributed by atoms with Gasteiger partial charge in [-0.25, -0.2) is 9.78 Å². The Labute approximate surface area is 121 Å². The lowest BCUT2D eigenvalue weighted by molar-refractivity contribution is -0.140. The van der Waals surface area contributed by atoms with Crippen molar-refractivity contribution < 1.29 is 23.5 Å². The van der Waals surface area contributed by atoms with Crippen molar-refractivity contribution in [2.24, 2.45) is 0 Å². The molecule has 0 N–H and O–H groups in total. The van der Waals surface area contributed by atoms with Gasteiger partial charge in [0.15, 0.2) is 12.1 Å². The minimum Gasteiger partial charge on any atom is -0.461 e. The van der Waals surface area contributed by atoms with Crippen molar-refractivity contribution >= 4 is 18.3 Å². The van der Waals surface area contributed by atoms with E-state index in [1.165, 1.54) is 0 Å². The molecule has 1 aliphatic rings. The van der Waals surface area contributed by atoms with Crippen LogP contribution >= 0.6 is 0 Å². The van der Waals surface area contributed by atoms with Gasteiger partial charge in [0, 0.05) is 12.7 Å². The lowest BCUT2D eigenvalue weighted by Gasteiger charge is -2.27. The maximum Gasteiger partial charge on any atom is 0.367 e. The van der Waals surface area contributed by atoms with Gasteiger partial charge in [-0.1, -0.05) is 0 Å². The number of carbonyl (C=O) groups is 2. The third-order valence-electron chi connectivity index (χ3n) is 3.24. The van der Waals surface area contributed by atoms with E-state index >= 15 is 0 Å². The van der Waals surface area contributed by atoms with E-state index in [0.29, 0.717) is 30.8 Å². The Bertz CT molecular complexity index is 576. The van der Waals surface area contributed by atoms with E-state index < -0.39 is 11.8 Å². The van der Waals surface area contributed by atoms with Crippen LogP contribution < -0.4 is 0 Å². The molecule has 1 aliphatic heterocycles. The molecule has 1 aromatic rings. The number of nitrogens with zero attached hydrogens (tertiary/aromatic N) is 2. The molecule has 2 rings (SSSR count). The Morgan fingerprint density at radius 3 is 2.86 bits per heavy atom. The summed E-state index contributed by atoms with van der Waals surface area (Å²) in [5.41, 5.74) is 0.842. The van der Waals surface area contributed by atoms with Crippen LogP contribution in [-0.2, 0) is 20.8 Å². The predicted octanol–water partition coefficient (Wildman–Crippen LogP) is 1.67. The molecule has 1 aromatic heterocycles. The second-order valence-electron chi connectivity index (χ2n) is 4.66. The number of aldehydes is 1. The fourth-order valence-electron chi connectivity index (χ4n) is 2.08. The average molecular weight is 296 g/mol. The van der Waals surface area contributed by atoms with Crippen LogP contribution in [0.2, 0.25) is 0 Å². The zero-order chi connectivity index (χ0) is 15.4. The van der Waals surface area contributed by atoms with Crippen LogP contribution in [0.5, 0.6) is 0 Å². The topological polar surface area (TPSA) is 70.4 Å². The zero-order valence-electron chi connectivity index (χ0n) is 12.0. The van der Waals surface area contributed by atoms with Gasteiger partial charge >= 0.3 is 5.97 Å². The minimum atomic E-state index is -1.03. The smallest absolute Gasteiger partial charge is 0.367 e. The number of rotatable bonds is 6. The standard InChI is InChI=1S/C14H17FN2O4/c1-3-20-14(19)11(15)6-12-9(2)16-13(8-18)17(12)7-10-4-5-21-10/h6,8,10H,3-5,7H2,1-2H3/b11-6-/t10-/m0/s1. The molecule has 2 heterocycles. The molecule has 0 bridgehead atoms. The van der Waals surface area contributed by atoms with E-state index in [-0.39, 0.29) is 18.5 Å². The third-order valence-corrected chi connectivity index (χ3v) is 3.24. The Hall–Kier alpha value is -2.02. The van der Waals surface area contributed by atoms with Crippen LogP contribution in [0.1, 0.15) is 35.4 Å². The van der Waals surface area contributed by atoms with Crippen LogP contribution in [0.3, 0.4) is 0 Å².